The molecule has 65 heavy (non-hydrogen) atoms. The third-order valence-electron chi connectivity index (χ3n) is 13.2. The molecule has 0 aromatic carbocycles. The quantitative estimate of drug-likeness (QED) is 0.0321. The zero-order valence-corrected chi connectivity index (χ0v) is 43.5. The van der Waals surface area contributed by atoms with Crippen molar-refractivity contribution in [3.05, 3.63) is 36.5 Å². The van der Waals surface area contributed by atoms with Crippen LogP contribution in [0.3, 0.4) is 0 Å². The number of aliphatic hydroxyl groups excluding tert-OH is 2. The van der Waals surface area contributed by atoms with Gasteiger partial charge in [-0.05, 0) is 83.5 Å². The lowest BCUT2D eigenvalue weighted by Crippen LogP contribution is -2.45. The number of ether oxygens (including phenoxy) is 1. The molecule has 382 valence electrons. The van der Waals surface area contributed by atoms with Crippen LogP contribution in [0.2, 0.25) is 0 Å². The molecule has 0 aliphatic rings. The van der Waals surface area contributed by atoms with Gasteiger partial charge in [0.1, 0.15) is 0 Å². The van der Waals surface area contributed by atoms with Gasteiger partial charge in [-0.2, -0.15) is 0 Å². The van der Waals surface area contributed by atoms with Crippen molar-refractivity contribution < 1.29 is 24.5 Å². The zero-order valence-electron chi connectivity index (χ0n) is 43.5. The van der Waals surface area contributed by atoms with Crippen LogP contribution in [0, 0.1) is 0 Å². The highest BCUT2D eigenvalue weighted by molar-refractivity contribution is 5.76. The summed E-state index contributed by atoms with van der Waals surface area (Å²) in [6.45, 7) is 4.90. The first-order chi connectivity index (χ1) is 32.0. The van der Waals surface area contributed by atoms with Gasteiger partial charge in [-0.25, -0.2) is 0 Å². The number of rotatable bonds is 53. The lowest BCUT2D eigenvalue weighted by atomic mass is 10.0. The molecule has 0 aromatic rings. The van der Waals surface area contributed by atoms with E-state index >= 15 is 0 Å². The molecule has 6 heteroatoms. The topological polar surface area (TPSA) is 95.9 Å². The number of amides is 1. The second kappa shape index (κ2) is 54.7. The van der Waals surface area contributed by atoms with Crippen LogP contribution in [0.4, 0.5) is 0 Å². The van der Waals surface area contributed by atoms with Gasteiger partial charge in [0.05, 0.1) is 25.4 Å². The molecule has 6 nitrogen and oxygen atoms in total. The van der Waals surface area contributed by atoms with Crippen molar-refractivity contribution in [2.24, 2.45) is 0 Å². The van der Waals surface area contributed by atoms with Gasteiger partial charge < -0.3 is 20.3 Å². The summed E-state index contributed by atoms with van der Waals surface area (Å²) < 4.78 is 5.46. The third kappa shape index (κ3) is 51.3. The van der Waals surface area contributed by atoms with Crippen LogP contribution in [0.5, 0.6) is 0 Å². The lowest BCUT2D eigenvalue weighted by Gasteiger charge is -2.22. The SMILES string of the molecule is CCCCC/C=C\C/C=C\CCCCCCCCCC(=O)OCCCCCC/C=C\CCCCCCCCCC(=O)NC(CO)C(O)CCCCCCCCCCCCCCCCCC. The summed E-state index contributed by atoms with van der Waals surface area (Å²) >= 11 is 0. The first kappa shape index (κ1) is 63.1. The fourth-order valence-electron chi connectivity index (χ4n) is 8.72. The first-order valence-electron chi connectivity index (χ1n) is 28.7. The van der Waals surface area contributed by atoms with Crippen LogP contribution in [0.25, 0.3) is 0 Å². The molecule has 0 aliphatic carbocycles. The van der Waals surface area contributed by atoms with Gasteiger partial charge in [0.25, 0.3) is 0 Å². The minimum Gasteiger partial charge on any atom is -0.466 e. The molecular formula is C59H111NO5. The summed E-state index contributed by atoms with van der Waals surface area (Å²) in [6, 6.07) is -0.554. The molecule has 0 fully saturated rings. The lowest BCUT2D eigenvalue weighted by molar-refractivity contribution is -0.143. The summed E-state index contributed by atoms with van der Waals surface area (Å²) in [5.41, 5.74) is 0. The van der Waals surface area contributed by atoms with Gasteiger partial charge in [-0.1, -0.05) is 243 Å². The van der Waals surface area contributed by atoms with E-state index in [1.54, 1.807) is 0 Å². The van der Waals surface area contributed by atoms with E-state index in [1.165, 1.54) is 193 Å². The number of nitrogens with one attached hydrogen (secondary N) is 1. The van der Waals surface area contributed by atoms with Crippen LogP contribution in [-0.4, -0.2) is 47.4 Å². The number of carbonyl (C=O) groups excluding carboxylic acids is 2. The number of unbranched alkanes of at least 4 members (excludes halogenated alkanes) is 36. The molecule has 0 aromatic heterocycles. The number of hydrogen-bond acceptors (Lipinski definition) is 5. The van der Waals surface area contributed by atoms with E-state index in [-0.39, 0.29) is 18.5 Å². The Morgan fingerprint density at radius 1 is 0.431 bits per heavy atom. The highest BCUT2D eigenvalue weighted by Gasteiger charge is 2.20. The van der Waals surface area contributed by atoms with Crippen LogP contribution in [-0.2, 0) is 14.3 Å². The van der Waals surface area contributed by atoms with Crippen molar-refractivity contribution in [2.45, 2.75) is 315 Å². The molecule has 2 unspecified atom stereocenters. The average Bonchev–Trinajstić information content (AvgIpc) is 3.31. The van der Waals surface area contributed by atoms with E-state index in [0.717, 1.165) is 77.0 Å². The van der Waals surface area contributed by atoms with Gasteiger partial charge in [0, 0.05) is 12.8 Å². The van der Waals surface area contributed by atoms with Crippen LogP contribution >= 0.6 is 0 Å². The number of carbonyl (C=O) groups is 2. The van der Waals surface area contributed by atoms with Gasteiger partial charge in [0.15, 0.2) is 0 Å². The van der Waals surface area contributed by atoms with Gasteiger partial charge >= 0.3 is 5.97 Å². The number of allylic oxidation sites excluding steroid dienone is 6. The van der Waals surface area contributed by atoms with E-state index in [0.29, 0.717) is 25.9 Å². The zero-order chi connectivity index (χ0) is 47.2. The molecule has 0 saturated carbocycles. The number of aliphatic hydroxyl groups is 2. The fourth-order valence-corrected chi connectivity index (χ4v) is 8.72. The second-order valence-electron chi connectivity index (χ2n) is 19.6. The Balaban J connectivity index is 3.47. The summed E-state index contributed by atoms with van der Waals surface area (Å²) in [6.07, 6.45) is 67.0. The Labute approximate surface area is 404 Å². The number of hydrogen-bond donors (Lipinski definition) is 3. The standard InChI is InChI=1S/C59H111NO5/c1-3-5-7-9-11-13-15-17-19-21-25-29-33-37-41-45-49-53-59(64)65-54-50-46-42-38-34-30-26-22-24-28-32-36-40-44-48-52-58(63)60-56(55-61)57(62)51-47-43-39-35-31-27-23-20-18-16-14-12-10-8-6-4-2/h11,13,17,19,26,30,56-57,61-62H,3-10,12,14-16,18,20-25,27-29,31-55H2,1-2H3,(H,60,63)/b13-11-,19-17-,30-26-. The van der Waals surface area contributed by atoms with Crippen LogP contribution in [0.1, 0.15) is 303 Å². The molecule has 0 saturated heterocycles. The van der Waals surface area contributed by atoms with E-state index in [9.17, 15) is 19.8 Å². The van der Waals surface area contributed by atoms with Crippen molar-refractivity contribution in [2.75, 3.05) is 13.2 Å². The van der Waals surface area contributed by atoms with E-state index < -0.39 is 12.1 Å². The summed E-state index contributed by atoms with van der Waals surface area (Å²) in [7, 11) is 0. The maximum absolute atomic E-state index is 12.5. The van der Waals surface area contributed by atoms with Crippen molar-refractivity contribution in [3.8, 4) is 0 Å². The third-order valence-corrected chi connectivity index (χ3v) is 13.2. The molecule has 0 rings (SSSR count). The molecule has 0 bridgehead atoms. The van der Waals surface area contributed by atoms with E-state index in [4.69, 9.17) is 4.74 Å². The van der Waals surface area contributed by atoms with Gasteiger partial charge in [0.2, 0.25) is 5.91 Å². The molecule has 0 spiro atoms. The smallest absolute Gasteiger partial charge is 0.305 e. The van der Waals surface area contributed by atoms with E-state index in [1.807, 2.05) is 0 Å². The predicted molar refractivity (Wildman–Crippen MR) is 283 cm³/mol. The molecule has 1 amide bonds. The number of esters is 1. The first-order valence-corrected chi connectivity index (χ1v) is 28.7. The Morgan fingerprint density at radius 3 is 1.22 bits per heavy atom. The molecule has 0 aliphatic heterocycles. The van der Waals surface area contributed by atoms with Crippen molar-refractivity contribution >= 4 is 11.9 Å². The minimum atomic E-state index is -0.675. The fraction of sp³-hybridized carbons (Fsp3) is 0.864. The highest BCUT2D eigenvalue weighted by atomic mass is 16.5. The second-order valence-corrected chi connectivity index (χ2v) is 19.6. The molecule has 0 radical (unpaired) electrons. The maximum atomic E-state index is 12.5. The van der Waals surface area contributed by atoms with Crippen molar-refractivity contribution in [1.29, 1.82) is 0 Å². The van der Waals surface area contributed by atoms with Crippen molar-refractivity contribution in [3.63, 3.8) is 0 Å². The van der Waals surface area contributed by atoms with Crippen LogP contribution < -0.4 is 5.32 Å². The predicted octanol–water partition coefficient (Wildman–Crippen LogP) is 17.6. The Bertz CT molecular complexity index is 1060. The molecule has 3 N–H and O–H groups in total. The molecule has 2 atom stereocenters. The normalized spacial score (nSPS) is 12.9. The van der Waals surface area contributed by atoms with Crippen LogP contribution in [0.15, 0.2) is 36.5 Å². The monoisotopic (exact) mass is 914 g/mol. The molecule has 0 heterocycles. The Kier molecular flexibility index (Phi) is 53.1. The molecular weight excluding hydrogens is 803 g/mol. The van der Waals surface area contributed by atoms with Gasteiger partial charge in [-0.15, -0.1) is 0 Å². The largest absolute Gasteiger partial charge is 0.466 e. The van der Waals surface area contributed by atoms with Crippen molar-refractivity contribution in [1.82, 2.24) is 5.32 Å². The Hall–Kier alpha value is -1.92. The Morgan fingerprint density at radius 2 is 0.769 bits per heavy atom. The van der Waals surface area contributed by atoms with E-state index in [2.05, 4.69) is 55.6 Å². The average molecular weight is 915 g/mol. The van der Waals surface area contributed by atoms with Gasteiger partial charge in [-0.3, -0.25) is 9.59 Å². The summed E-state index contributed by atoms with van der Waals surface area (Å²) in [4.78, 5) is 24.5. The summed E-state index contributed by atoms with van der Waals surface area (Å²) in [5, 5.41) is 23.3. The summed E-state index contributed by atoms with van der Waals surface area (Å²) in [5.74, 6) is -0.0674. The highest BCUT2D eigenvalue weighted by Crippen LogP contribution is 2.17. The minimum absolute atomic E-state index is 0.0178. The maximum Gasteiger partial charge on any atom is 0.305 e.